The number of aliphatic hydroxyl groups is 7. The van der Waals surface area contributed by atoms with Crippen LogP contribution in [0.3, 0.4) is 0 Å². The van der Waals surface area contributed by atoms with E-state index in [2.05, 4.69) is 31.3 Å². The molecule has 11 nitrogen and oxygen atoms in total. The van der Waals surface area contributed by atoms with E-state index in [1.54, 1.807) is 0 Å². The van der Waals surface area contributed by atoms with Gasteiger partial charge in [0.2, 0.25) is 5.91 Å². The van der Waals surface area contributed by atoms with Gasteiger partial charge in [-0.2, -0.15) is 0 Å². The fraction of sp³-hybridized carbons (Fsp3) is 0.927. The number of carbonyl (C=O) groups is 1. The summed E-state index contributed by atoms with van der Waals surface area (Å²) in [7, 11) is 0. The van der Waals surface area contributed by atoms with Crippen LogP contribution in [0, 0.1) is 0 Å². The zero-order valence-electron chi connectivity index (χ0n) is 32.8. The van der Waals surface area contributed by atoms with Crippen LogP contribution in [0.2, 0.25) is 0 Å². The highest BCUT2D eigenvalue weighted by molar-refractivity contribution is 5.80. The predicted molar refractivity (Wildman–Crippen MR) is 206 cm³/mol. The lowest BCUT2D eigenvalue weighted by Gasteiger charge is -2.40. The summed E-state index contributed by atoms with van der Waals surface area (Å²) in [6.07, 6.45) is 19.9. The molecule has 0 saturated carbocycles. The van der Waals surface area contributed by atoms with E-state index in [9.17, 15) is 40.5 Å². The first kappa shape index (κ1) is 48.9. The van der Waals surface area contributed by atoms with Crippen LogP contribution in [-0.4, -0.2) is 110 Å². The van der Waals surface area contributed by atoms with Crippen molar-refractivity contribution in [2.75, 3.05) is 13.2 Å². The fourth-order valence-corrected chi connectivity index (χ4v) is 6.73. The van der Waals surface area contributed by atoms with Crippen molar-refractivity contribution in [2.24, 2.45) is 0 Å². The molecule has 9 atom stereocenters. The van der Waals surface area contributed by atoms with Crippen LogP contribution in [-0.2, 0) is 14.3 Å². The zero-order valence-corrected chi connectivity index (χ0v) is 32.8. The number of unbranched alkanes of at least 4 members (excludes halogenated alkanes) is 20. The minimum Gasteiger partial charge on any atom is -0.394 e. The van der Waals surface area contributed by atoms with E-state index >= 15 is 0 Å². The van der Waals surface area contributed by atoms with Crippen molar-refractivity contribution < 1.29 is 50.0 Å². The van der Waals surface area contributed by atoms with E-state index in [0.29, 0.717) is 12.8 Å². The predicted octanol–water partition coefficient (Wildman–Crippen LogP) is 5.72. The number of aliphatic hydroxyl groups excluding tert-OH is 7. The van der Waals surface area contributed by atoms with Crippen molar-refractivity contribution in [2.45, 2.75) is 229 Å². The number of carbonyl (C=O) groups excluding carboxylic acids is 1. The van der Waals surface area contributed by atoms with E-state index in [1.165, 1.54) is 96.3 Å². The molecule has 1 heterocycles. The third-order valence-corrected chi connectivity index (χ3v) is 10.3. The maximum atomic E-state index is 13.0. The fourth-order valence-electron chi connectivity index (χ4n) is 6.73. The molecule has 1 fully saturated rings. The normalized spacial score (nSPS) is 23.1. The monoisotopic (exact) mass is 746 g/mol. The van der Waals surface area contributed by atoms with Crippen LogP contribution in [0.5, 0.6) is 0 Å². The van der Waals surface area contributed by atoms with Crippen LogP contribution in [0.15, 0.2) is 12.2 Å². The largest absolute Gasteiger partial charge is 0.394 e. The van der Waals surface area contributed by atoms with Gasteiger partial charge in [-0.25, -0.2) is 0 Å². The number of nitrogens with one attached hydrogen (secondary N) is 1. The zero-order chi connectivity index (χ0) is 38.4. The SMILES string of the molecule is CCCCCCCCCCCC/C=C/CCCC(O)C(O)C(COC1OC(CO)C(O)C(O)C1O)NC(=O)C(O)CCCCCCCCCCCC. The molecule has 52 heavy (non-hydrogen) atoms. The van der Waals surface area contributed by atoms with Gasteiger partial charge in [-0.1, -0.05) is 148 Å². The lowest BCUT2D eigenvalue weighted by molar-refractivity contribution is -0.303. The third kappa shape index (κ3) is 22.3. The molecule has 1 aliphatic rings. The lowest BCUT2D eigenvalue weighted by atomic mass is 9.98. The maximum absolute atomic E-state index is 13.0. The summed E-state index contributed by atoms with van der Waals surface area (Å²) in [4.78, 5) is 13.0. The van der Waals surface area contributed by atoms with Crippen LogP contribution in [0.25, 0.3) is 0 Å². The van der Waals surface area contributed by atoms with Gasteiger partial charge >= 0.3 is 0 Å². The Kier molecular flexibility index (Phi) is 30.2. The van der Waals surface area contributed by atoms with Gasteiger partial charge in [-0.05, 0) is 38.5 Å². The van der Waals surface area contributed by atoms with Crippen molar-refractivity contribution in [3.63, 3.8) is 0 Å². The molecule has 0 aromatic carbocycles. The second kappa shape index (κ2) is 32.1. The summed E-state index contributed by atoms with van der Waals surface area (Å²) >= 11 is 0. The van der Waals surface area contributed by atoms with E-state index in [-0.39, 0.29) is 12.8 Å². The first-order valence-electron chi connectivity index (χ1n) is 21.1. The van der Waals surface area contributed by atoms with Gasteiger partial charge in [0.05, 0.1) is 25.4 Å². The molecule has 11 heteroatoms. The smallest absolute Gasteiger partial charge is 0.249 e. The van der Waals surface area contributed by atoms with E-state index in [1.807, 2.05) is 0 Å². The molecule has 308 valence electrons. The Bertz CT molecular complexity index is 861. The van der Waals surface area contributed by atoms with Crippen LogP contribution < -0.4 is 5.32 Å². The molecule has 0 radical (unpaired) electrons. The highest BCUT2D eigenvalue weighted by Gasteiger charge is 2.44. The van der Waals surface area contributed by atoms with E-state index in [4.69, 9.17) is 9.47 Å². The van der Waals surface area contributed by atoms with Gasteiger partial charge in [0.25, 0.3) is 0 Å². The first-order valence-corrected chi connectivity index (χ1v) is 21.1. The van der Waals surface area contributed by atoms with Crippen molar-refractivity contribution in [3.05, 3.63) is 12.2 Å². The van der Waals surface area contributed by atoms with Crippen LogP contribution >= 0.6 is 0 Å². The number of amides is 1. The molecule has 0 aliphatic carbocycles. The van der Waals surface area contributed by atoms with Gasteiger partial charge in [-0.15, -0.1) is 0 Å². The number of ether oxygens (including phenoxy) is 2. The molecule has 0 bridgehead atoms. The molecule has 0 aromatic heterocycles. The Morgan fingerprint density at radius 2 is 1.13 bits per heavy atom. The Balaban J connectivity index is 2.54. The molecule has 1 aliphatic heterocycles. The summed E-state index contributed by atoms with van der Waals surface area (Å²) in [6, 6.07) is -1.18. The number of allylic oxidation sites excluding steroid dienone is 2. The Hall–Kier alpha value is -1.15. The molecule has 1 rings (SSSR count). The molecule has 0 spiro atoms. The highest BCUT2D eigenvalue weighted by Crippen LogP contribution is 2.23. The van der Waals surface area contributed by atoms with Gasteiger partial charge in [0, 0.05) is 0 Å². The lowest BCUT2D eigenvalue weighted by Crippen LogP contribution is -2.60. The summed E-state index contributed by atoms with van der Waals surface area (Å²) in [5.74, 6) is -0.709. The molecule has 9 unspecified atom stereocenters. The minimum atomic E-state index is -1.66. The Morgan fingerprint density at radius 1 is 0.654 bits per heavy atom. The summed E-state index contributed by atoms with van der Waals surface area (Å²) in [5, 5.41) is 75.3. The minimum absolute atomic E-state index is 0.257. The quantitative estimate of drug-likeness (QED) is 0.0299. The average molecular weight is 746 g/mol. The van der Waals surface area contributed by atoms with Crippen LogP contribution in [0.4, 0.5) is 0 Å². The van der Waals surface area contributed by atoms with Gasteiger partial charge in [0.15, 0.2) is 6.29 Å². The van der Waals surface area contributed by atoms with Crippen molar-refractivity contribution in [3.8, 4) is 0 Å². The standard InChI is InChI=1S/C41H79NO10/c1-3-5-7-9-11-13-15-16-17-18-19-21-22-24-26-28-33(44)36(46)32(31-51-41-39(49)38(48)37(47)35(30-43)52-41)42-40(50)34(45)29-27-25-23-20-14-12-10-8-6-4-2/h21-22,32-39,41,43-49H,3-20,23-31H2,1-2H3,(H,42,50)/b22-21+. The van der Waals surface area contributed by atoms with Crippen molar-refractivity contribution in [1.82, 2.24) is 5.32 Å². The number of rotatable bonds is 34. The second-order valence-electron chi connectivity index (χ2n) is 15.1. The topological polar surface area (TPSA) is 189 Å². The van der Waals surface area contributed by atoms with Crippen molar-refractivity contribution in [1.29, 1.82) is 0 Å². The summed E-state index contributed by atoms with van der Waals surface area (Å²) in [5.41, 5.74) is 0. The van der Waals surface area contributed by atoms with E-state index < -0.39 is 74.2 Å². The third-order valence-electron chi connectivity index (χ3n) is 10.3. The molecular formula is C41H79NO10. The molecule has 1 amide bonds. The van der Waals surface area contributed by atoms with Crippen molar-refractivity contribution >= 4 is 5.91 Å². The second-order valence-corrected chi connectivity index (χ2v) is 15.1. The van der Waals surface area contributed by atoms with Crippen LogP contribution in [0.1, 0.15) is 174 Å². The first-order chi connectivity index (χ1) is 25.2. The van der Waals surface area contributed by atoms with Gasteiger partial charge in [0.1, 0.15) is 36.6 Å². The van der Waals surface area contributed by atoms with Gasteiger partial charge in [-0.3, -0.25) is 4.79 Å². The number of hydrogen-bond acceptors (Lipinski definition) is 10. The molecular weight excluding hydrogens is 666 g/mol. The van der Waals surface area contributed by atoms with Gasteiger partial charge < -0.3 is 50.5 Å². The Morgan fingerprint density at radius 3 is 1.65 bits per heavy atom. The maximum Gasteiger partial charge on any atom is 0.249 e. The van der Waals surface area contributed by atoms with E-state index in [0.717, 1.165) is 38.5 Å². The molecule has 8 N–H and O–H groups in total. The summed E-state index contributed by atoms with van der Waals surface area (Å²) in [6.45, 7) is 3.38. The average Bonchev–Trinajstić information content (AvgIpc) is 3.14. The molecule has 1 saturated heterocycles. The Labute approximate surface area is 315 Å². The highest BCUT2D eigenvalue weighted by atomic mass is 16.7. The summed E-state index contributed by atoms with van der Waals surface area (Å²) < 4.78 is 11.0. The molecule has 0 aromatic rings. The number of hydrogen-bond donors (Lipinski definition) is 8.